The van der Waals surface area contributed by atoms with Crippen LogP contribution in [0.4, 0.5) is 0 Å². The lowest BCUT2D eigenvalue weighted by Crippen LogP contribution is -2.11. The van der Waals surface area contributed by atoms with Gasteiger partial charge in [-0.05, 0) is 18.7 Å². The Balaban J connectivity index is 2.14. The van der Waals surface area contributed by atoms with Crippen LogP contribution in [-0.2, 0) is 6.54 Å². The van der Waals surface area contributed by atoms with Crippen LogP contribution in [-0.4, -0.2) is 21.7 Å². The highest BCUT2D eigenvalue weighted by molar-refractivity contribution is 7.14. The molecule has 5 heteroatoms. The van der Waals surface area contributed by atoms with Gasteiger partial charge in [0.25, 0.3) is 0 Å². The lowest BCUT2D eigenvalue weighted by molar-refractivity contribution is 0.715. The summed E-state index contributed by atoms with van der Waals surface area (Å²) in [6.45, 7) is 3.79. The SMILES string of the molecule is CCNCc1nnc(-c2ccccn2)s1. The largest absolute Gasteiger partial charge is 0.311 e. The van der Waals surface area contributed by atoms with Gasteiger partial charge in [0.1, 0.15) is 10.7 Å². The van der Waals surface area contributed by atoms with Gasteiger partial charge in [0.2, 0.25) is 0 Å². The van der Waals surface area contributed by atoms with Crippen LogP contribution in [0.15, 0.2) is 24.4 Å². The molecule has 1 N–H and O–H groups in total. The Hall–Kier alpha value is -1.33. The number of rotatable bonds is 4. The molecule has 0 aromatic carbocycles. The molecule has 4 nitrogen and oxygen atoms in total. The standard InChI is InChI=1S/C10H12N4S/c1-2-11-7-9-13-14-10(15-9)8-5-3-4-6-12-8/h3-6,11H,2,7H2,1H3. The van der Waals surface area contributed by atoms with Crippen LogP contribution in [0, 0.1) is 0 Å². The predicted octanol–water partition coefficient (Wildman–Crippen LogP) is 1.71. The van der Waals surface area contributed by atoms with E-state index in [0.717, 1.165) is 28.8 Å². The van der Waals surface area contributed by atoms with Crippen LogP contribution < -0.4 is 5.32 Å². The van der Waals surface area contributed by atoms with Gasteiger partial charge in [-0.15, -0.1) is 10.2 Å². The summed E-state index contributed by atoms with van der Waals surface area (Å²) in [4.78, 5) is 4.23. The highest BCUT2D eigenvalue weighted by atomic mass is 32.1. The molecule has 0 bridgehead atoms. The van der Waals surface area contributed by atoms with E-state index in [4.69, 9.17) is 0 Å². The first-order valence-electron chi connectivity index (χ1n) is 4.84. The molecule has 15 heavy (non-hydrogen) atoms. The second-order valence-corrected chi connectivity index (χ2v) is 4.06. The van der Waals surface area contributed by atoms with Crippen molar-refractivity contribution in [2.24, 2.45) is 0 Å². The van der Waals surface area contributed by atoms with Gasteiger partial charge in [-0.2, -0.15) is 0 Å². The van der Waals surface area contributed by atoms with Crippen LogP contribution in [0.3, 0.4) is 0 Å². The number of nitrogens with zero attached hydrogens (tertiary/aromatic N) is 3. The van der Waals surface area contributed by atoms with Gasteiger partial charge in [0, 0.05) is 12.7 Å². The molecule has 0 aliphatic rings. The summed E-state index contributed by atoms with van der Waals surface area (Å²) in [7, 11) is 0. The number of aromatic nitrogens is 3. The molecular weight excluding hydrogens is 208 g/mol. The number of nitrogens with one attached hydrogen (secondary N) is 1. The first-order chi connectivity index (χ1) is 7.40. The van der Waals surface area contributed by atoms with E-state index in [-0.39, 0.29) is 0 Å². The van der Waals surface area contributed by atoms with Gasteiger partial charge in [-0.25, -0.2) is 0 Å². The van der Waals surface area contributed by atoms with Crippen molar-refractivity contribution in [1.82, 2.24) is 20.5 Å². The summed E-state index contributed by atoms with van der Waals surface area (Å²) in [5.74, 6) is 0. The molecule has 2 heterocycles. The highest BCUT2D eigenvalue weighted by Gasteiger charge is 2.06. The maximum atomic E-state index is 4.23. The molecular formula is C10H12N4S. The van der Waals surface area contributed by atoms with Gasteiger partial charge in [-0.1, -0.05) is 24.3 Å². The zero-order valence-electron chi connectivity index (χ0n) is 8.47. The Morgan fingerprint density at radius 3 is 3.00 bits per heavy atom. The third-order valence-corrected chi connectivity index (χ3v) is 2.82. The van der Waals surface area contributed by atoms with E-state index < -0.39 is 0 Å². The third kappa shape index (κ3) is 2.57. The van der Waals surface area contributed by atoms with Crippen LogP contribution >= 0.6 is 11.3 Å². The summed E-state index contributed by atoms with van der Waals surface area (Å²) in [6, 6.07) is 5.79. The second kappa shape index (κ2) is 4.95. The minimum absolute atomic E-state index is 0.779. The predicted molar refractivity (Wildman–Crippen MR) is 60.5 cm³/mol. The highest BCUT2D eigenvalue weighted by Crippen LogP contribution is 2.20. The molecule has 0 radical (unpaired) electrons. The quantitative estimate of drug-likeness (QED) is 0.852. The number of hydrogen-bond donors (Lipinski definition) is 1. The molecule has 0 amide bonds. The number of pyridine rings is 1. The van der Waals surface area contributed by atoms with Crippen molar-refractivity contribution in [2.45, 2.75) is 13.5 Å². The minimum Gasteiger partial charge on any atom is -0.311 e. The maximum absolute atomic E-state index is 4.23. The van der Waals surface area contributed by atoms with Gasteiger partial charge < -0.3 is 5.32 Å². The first-order valence-corrected chi connectivity index (χ1v) is 5.66. The zero-order chi connectivity index (χ0) is 10.5. The van der Waals surface area contributed by atoms with Crippen molar-refractivity contribution in [3.05, 3.63) is 29.4 Å². The van der Waals surface area contributed by atoms with E-state index in [1.165, 1.54) is 0 Å². The molecule has 0 spiro atoms. The Bertz CT molecular complexity index is 412. The Kier molecular flexibility index (Phi) is 3.37. The molecule has 78 valence electrons. The average Bonchev–Trinajstić information content (AvgIpc) is 2.76. The van der Waals surface area contributed by atoms with E-state index in [1.54, 1.807) is 17.5 Å². The average molecular weight is 220 g/mol. The van der Waals surface area contributed by atoms with Crippen LogP contribution in [0.5, 0.6) is 0 Å². The smallest absolute Gasteiger partial charge is 0.166 e. The van der Waals surface area contributed by atoms with Crippen molar-refractivity contribution in [3.63, 3.8) is 0 Å². The van der Waals surface area contributed by atoms with E-state index in [1.807, 2.05) is 18.2 Å². The van der Waals surface area contributed by atoms with Crippen LogP contribution in [0.25, 0.3) is 10.7 Å². The lowest BCUT2D eigenvalue weighted by atomic mass is 10.4. The van der Waals surface area contributed by atoms with Crippen molar-refractivity contribution in [2.75, 3.05) is 6.54 Å². The van der Waals surface area contributed by atoms with Crippen LogP contribution in [0.2, 0.25) is 0 Å². The van der Waals surface area contributed by atoms with Gasteiger partial charge >= 0.3 is 0 Å². The first kappa shape index (κ1) is 10.2. The summed E-state index contributed by atoms with van der Waals surface area (Å²) < 4.78 is 0. The molecule has 2 aromatic heterocycles. The van der Waals surface area contributed by atoms with Gasteiger partial charge in [0.05, 0.1) is 0 Å². The summed E-state index contributed by atoms with van der Waals surface area (Å²) in [5, 5.41) is 13.3. The second-order valence-electron chi connectivity index (χ2n) is 3.00. The summed E-state index contributed by atoms with van der Waals surface area (Å²) >= 11 is 1.58. The fourth-order valence-electron chi connectivity index (χ4n) is 1.15. The summed E-state index contributed by atoms with van der Waals surface area (Å²) in [5.41, 5.74) is 0.887. The van der Waals surface area contributed by atoms with Crippen molar-refractivity contribution in [3.8, 4) is 10.7 Å². The molecule has 0 fully saturated rings. The Morgan fingerprint density at radius 1 is 1.33 bits per heavy atom. The molecule has 0 aliphatic heterocycles. The molecule has 0 saturated carbocycles. The van der Waals surface area contributed by atoms with E-state index in [2.05, 4.69) is 27.4 Å². The topological polar surface area (TPSA) is 50.7 Å². The van der Waals surface area contributed by atoms with E-state index in [0.29, 0.717) is 0 Å². The molecule has 2 aromatic rings. The molecule has 2 rings (SSSR count). The Morgan fingerprint density at radius 2 is 2.27 bits per heavy atom. The minimum atomic E-state index is 0.779. The normalized spacial score (nSPS) is 10.5. The van der Waals surface area contributed by atoms with E-state index >= 15 is 0 Å². The molecule has 0 atom stereocenters. The van der Waals surface area contributed by atoms with Crippen molar-refractivity contribution in [1.29, 1.82) is 0 Å². The Labute approximate surface area is 92.4 Å². The van der Waals surface area contributed by atoms with E-state index in [9.17, 15) is 0 Å². The zero-order valence-corrected chi connectivity index (χ0v) is 9.29. The van der Waals surface area contributed by atoms with Crippen molar-refractivity contribution < 1.29 is 0 Å². The fourth-order valence-corrected chi connectivity index (χ4v) is 1.94. The molecule has 0 saturated heterocycles. The maximum Gasteiger partial charge on any atom is 0.166 e. The lowest BCUT2D eigenvalue weighted by Gasteiger charge is -1.93. The fraction of sp³-hybridized carbons (Fsp3) is 0.300. The van der Waals surface area contributed by atoms with Crippen LogP contribution in [0.1, 0.15) is 11.9 Å². The molecule has 0 unspecified atom stereocenters. The van der Waals surface area contributed by atoms with Crippen molar-refractivity contribution >= 4 is 11.3 Å². The monoisotopic (exact) mass is 220 g/mol. The number of hydrogen-bond acceptors (Lipinski definition) is 5. The van der Waals surface area contributed by atoms with Gasteiger partial charge in [-0.3, -0.25) is 4.98 Å². The summed E-state index contributed by atoms with van der Waals surface area (Å²) in [6.07, 6.45) is 1.76. The van der Waals surface area contributed by atoms with Gasteiger partial charge in [0.15, 0.2) is 5.01 Å². The molecule has 0 aliphatic carbocycles. The third-order valence-electron chi connectivity index (χ3n) is 1.88.